The van der Waals surface area contributed by atoms with E-state index in [4.69, 9.17) is 0 Å². The first-order valence-electron chi connectivity index (χ1n) is 3.24. The van der Waals surface area contributed by atoms with Crippen molar-refractivity contribution >= 4 is 21.8 Å². The predicted octanol–water partition coefficient (Wildman–Crippen LogP) is 3.04. The second-order valence-corrected chi connectivity index (χ2v) is 2.50. The highest BCUT2D eigenvalue weighted by atomic mass is 79.9. The average Bonchev–Trinajstić information content (AvgIpc) is 2.11. The summed E-state index contributed by atoms with van der Waals surface area (Å²) in [5, 5.41) is 0. The molecule has 0 aliphatic heterocycles. The molecule has 0 saturated carbocycles. The summed E-state index contributed by atoms with van der Waals surface area (Å²) in [6, 6.07) is 0. The van der Waals surface area contributed by atoms with Gasteiger partial charge in [0.2, 0.25) is 0 Å². The van der Waals surface area contributed by atoms with E-state index in [2.05, 4.69) is 68.6 Å². The maximum atomic E-state index is 3.61. The van der Waals surface area contributed by atoms with Crippen LogP contribution in [0.1, 0.15) is 0 Å². The molecule has 0 saturated heterocycles. The number of halogens is 1. The van der Waals surface area contributed by atoms with Crippen molar-refractivity contribution in [1.29, 1.82) is 0 Å². The van der Waals surface area contributed by atoms with Crippen molar-refractivity contribution in [3.8, 4) is 0 Å². The van der Waals surface area contributed by atoms with Crippen LogP contribution in [-0.2, 0) is 0 Å². The Morgan fingerprint density at radius 3 is 2.62 bits per heavy atom. The molecule has 1 nitrogen and oxygen atoms in total. The second kappa shape index (κ2) is 8.41. The Balaban J connectivity index is 4.97. The molecule has 13 heavy (non-hydrogen) atoms. The monoisotopic (exact) mass is 231 g/mol. The first-order chi connectivity index (χ1) is 6.31. The van der Waals surface area contributed by atoms with Crippen molar-refractivity contribution in [3.05, 3.63) is 58.6 Å². The molecule has 0 unspecified atom stereocenters. The molecule has 0 aliphatic rings. The van der Waals surface area contributed by atoms with Gasteiger partial charge >= 0.3 is 0 Å². The Labute approximate surface area is 85.6 Å². The van der Waals surface area contributed by atoms with Crippen LogP contribution in [0.15, 0.2) is 63.6 Å². The standard InChI is InChI=1S/C11H6BrN/c1-3-7-11(12)8-5-6-10-13-9-4-2/h7,9H,1-2H2. The molecule has 0 radical (unpaired) electrons. The maximum Gasteiger partial charge on any atom is 0.0788 e. The molecule has 0 fully saturated rings. The SMILES string of the molecule is C=C=CN=C=C=C=C=C(Br)C=C=C. The van der Waals surface area contributed by atoms with Crippen molar-refractivity contribution in [1.82, 2.24) is 0 Å². The van der Waals surface area contributed by atoms with Gasteiger partial charge in [-0.1, -0.05) is 13.2 Å². The summed E-state index contributed by atoms with van der Waals surface area (Å²) >= 11 is 3.18. The fraction of sp³-hybridized carbons (Fsp3) is 0. The fourth-order valence-corrected chi connectivity index (χ4v) is 0.616. The largest absolute Gasteiger partial charge is 0.197 e. The van der Waals surface area contributed by atoms with Gasteiger partial charge in [-0.25, -0.2) is 0 Å². The molecular formula is C11H6BrN. The predicted molar refractivity (Wildman–Crippen MR) is 57.8 cm³/mol. The van der Waals surface area contributed by atoms with Crippen LogP contribution >= 0.6 is 15.9 Å². The second-order valence-electron chi connectivity index (χ2n) is 1.65. The number of hydrogen-bond acceptors (Lipinski definition) is 1. The summed E-state index contributed by atoms with van der Waals surface area (Å²) in [5.41, 5.74) is 12.8. The van der Waals surface area contributed by atoms with Gasteiger partial charge in [0.05, 0.1) is 10.7 Å². The van der Waals surface area contributed by atoms with E-state index >= 15 is 0 Å². The van der Waals surface area contributed by atoms with Crippen molar-refractivity contribution in [2.75, 3.05) is 0 Å². The number of hydrogen-bond donors (Lipinski definition) is 0. The van der Waals surface area contributed by atoms with Gasteiger partial charge in [0.25, 0.3) is 0 Å². The van der Waals surface area contributed by atoms with Crippen LogP contribution in [0.2, 0.25) is 0 Å². The molecule has 2 heteroatoms. The Hall–Kier alpha value is -1.69. The molecule has 0 N–H and O–H groups in total. The van der Waals surface area contributed by atoms with Gasteiger partial charge in [-0.05, 0) is 27.4 Å². The highest BCUT2D eigenvalue weighted by molar-refractivity contribution is 9.11. The molecule has 0 aliphatic carbocycles. The molecule has 0 bridgehead atoms. The van der Waals surface area contributed by atoms with Gasteiger partial charge in [-0.2, -0.15) is 4.99 Å². The summed E-state index contributed by atoms with van der Waals surface area (Å²) in [5.74, 6) is 2.44. The topological polar surface area (TPSA) is 12.4 Å². The first-order valence-corrected chi connectivity index (χ1v) is 4.04. The number of rotatable bonds is 2. The van der Waals surface area contributed by atoms with Crippen molar-refractivity contribution in [2.45, 2.75) is 0 Å². The van der Waals surface area contributed by atoms with Crippen LogP contribution in [0.5, 0.6) is 0 Å². The van der Waals surface area contributed by atoms with Gasteiger partial charge in [-0.3, -0.25) is 0 Å². The lowest BCUT2D eigenvalue weighted by Gasteiger charge is -1.69. The lowest BCUT2D eigenvalue weighted by Crippen LogP contribution is -1.49. The highest BCUT2D eigenvalue weighted by Gasteiger charge is 1.72. The Morgan fingerprint density at radius 1 is 1.23 bits per heavy atom. The Bertz CT molecular complexity index is 432. The summed E-state index contributed by atoms with van der Waals surface area (Å²) in [6.07, 6.45) is 2.98. The van der Waals surface area contributed by atoms with Crippen LogP contribution in [-0.4, -0.2) is 5.87 Å². The van der Waals surface area contributed by atoms with E-state index in [1.54, 1.807) is 6.08 Å². The van der Waals surface area contributed by atoms with E-state index in [0.29, 0.717) is 4.48 Å². The molecule has 62 valence electrons. The van der Waals surface area contributed by atoms with E-state index in [-0.39, 0.29) is 0 Å². The van der Waals surface area contributed by atoms with Crippen molar-refractivity contribution in [3.63, 3.8) is 0 Å². The van der Waals surface area contributed by atoms with Crippen LogP contribution in [0.3, 0.4) is 0 Å². The van der Waals surface area contributed by atoms with E-state index in [9.17, 15) is 0 Å². The molecular weight excluding hydrogens is 226 g/mol. The maximum absolute atomic E-state index is 3.61. The van der Waals surface area contributed by atoms with Crippen LogP contribution in [0.25, 0.3) is 0 Å². The van der Waals surface area contributed by atoms with Crippen LogP contribution < -0.4 is 0 Å². The third kappa shape index (κ3) is 8.21. The van der Waals surface area contributed by atoms with E-state index in [1.165, 1.54) is 6.20 Å². The summed E-state index contributed by atoms with van der Waals surface area (Å²) in [4.78, 5) is 3.61. The number of allylic oxidation sites excluding steroid dienone is 2. The van der Waals surface area contributed by atoms with Gasteiger partial charge in [0, 0.05) is 17.7 Å². The van der Waals surface area contributed by atoms with E-state index < -0.39 is 0 Å². The molecule has 0 aromatic rings. The quantitative estimate of drug-likeness (QED) is 0.394. The third-order valence-electron chi connectivity index (χ3n) is 0.749. The smallest absolute Gasteiger partial charge is 0.0788 e. The third-order valence-corrected chi connectivity index (χ3v) is 1.18. The van der Waals surface area contributed by atoms with Crippen molar-refractivity contribution < 1.29 is 0 Å². The zero-order valence-corrected chi connectivity index (χ0v) is 8.48. The number of aliphatic imine (C=N–C) groups is 1. The zero-order valence-electron chi connectivity index (χ0n) is 6.89. The highest BCUT2D eigenvalue weighted by Crippen LogP contribution is 2.01. The van der Waals surface area contributed by atoms with Gasteiger partial charge in [0.1, 0.15) is 0 Å². The molecule has 0 aromatic heterocycles. The molecule has 0 amide bonds. The Kier molecular flexibility index (Phi) is 7.31. The fourth-order valence-electron chi connectivity index (χ4n) is 0.355. The normalized spacial score (nSPS) is 5.62. The van der Waals surface area contributed by atoms with E-state index in [0.717, 1.165) is 0 Å². The minimum absolute atomic E-state index is 0.677. The first kappa shape index (κ1) is 11.3. The van der Waals surface area contributed by atoms with Gasteiger partial charge in [-0.15, -0.1) is 11.5 Å². The summed E-state index contributed by atoms with van der Waals surface area (Å²) in [7, 11) is 0. The molecule has 0 spiro atoms. The number of nitrogens with zero attached hydrogens (tertiary/aromatic N) is 1. The van der Waals surface area contributed by atoms with Gasteiger partial charge < -0.3 is 0 Å². The molecule has 0 rings (SSSR count). The Morgan fingerprint density at radius 2 is 2.00 bits per heavy atom. The minimum atomic E-state index is 0.677. The minimum Gasteiger partial charge on any atom is -0.197 e. The summed E-state index contributed by atoms with van der Waals surface area (Å²) in [6.45, 7) is 6.72. The lowest BCUT2D eigenvalue weighted by atomic mass is 10.5. The van der Waals surface area contributed by atoms with Crippen LogP contribution in [0, 0.1) is 0 Å². The van der Waals surface area contributed by atoms with Crippen LogP contribution in [0.4, 0.5) is 0 Å². The lowest BCUT2D eigenvalue weighted by molar-refractivity contribution is 1.63. The van der Waals surface area contributed by atoms with Crippen molar-refractivity contribution in [2.24, 2.45) is 4.99 Å². The van der Waals surface area contributed by atoms with E-state index in [1.807, 2.05) is 0 Å². The molecule has 0 heterocycles. The average molecular weight is 232 g/mol. The summed E-state index contributed by atoms with van der Waals surface area (Å²) < 4.78 is 0.677. The van der Waals surface area contributed by atoms with Gasteiger partial charge in [0.15, 0.2) is 0 Å². The molecule has 0 aromatic carbocycles. The molecule has 0 atom stereocenters. The zero-order chi connectivity index (χ0) is 9.94.